The van der Waals surface area contributed by atoms with Gasteiger partial charge in [-0.2, -0.15) is 0 Å². The number of carbonyl (C=O) groups is 6. The Hall–Kier alpha value is -4.27. The fraction of sp³-hybridized carbons (Fsp3) is 0.536. The average Bonchev–Trinajstić information content (AvgIpc) is 3.64. The maximum Gasteiger partial charge on any atom is 0.287 e. The zero-order valence-corrected chi connectivity index (χ0v) is 24.4. The number of nitrogens with one attached hydrogen (secondary N) is 4. The molecule has 4 fully saturated rings. The van der Waals surface area contributed by atoms with Crippen LogP contribution in [-0.2, 0) is 25.7 Å². The van der Waals surface area contributed by atoms with Crippen LogP contribution in [-0.4, -0.2) is 68.5 Å². The van der Waals surface area contributed by atoms with Gasteiger partial charge < -0.3 is 25.8 Å². The molecule has 0 saturated heterocycles. The Bertz CT molecular complexity index is 1500. The van der Waals surface area contributed by atoms with Crippen LogP contribution in [0.1, 0.15) is 65.6 Å². The molecule has 4 aliphatic rings. The molecular formula is C28H33N7O7S. The molecule has 2 aromatic rings. The number of likely N-dealkylation sites (N-methyl/N-ethyl adjacent to an activating group) is 1. The monoisotopic (exact) mass is 611 g/mol. The van der Waals surface area contributed by atoms with Crippen LogP contribution in [0.15, 0.2) is 23.1 Å². The number of aromatic nitrogens is 3. The van der Waals surface area contributed by atoms with E-state index in [0.29, 0.717) is 35.6 Å². The van der Waals surface area contributed by atoms with Gasteiger partial charge in [-0.1, -0.05) is 4.49 Å². The SMILES string of the molecule is CCNC(=O)C(=O)CC[C@H](NC(=O)c1snnc1C=O)C(=O)Nc1cccn(CC(=O)NC2C3CC4CC(C3)C2C4)c1=O. The van der Waals surface area contributed by atoms with Crippen molar-refractivity contribution in [1.82, 2.24) is 30.1 Å². The highest BCUT2D eigenvalue weighted by Crippen LogP contribution is 2.58. The quantitative estimate of drug-likeness (QED) is 0.182. The molecule has 6 atom stereocenters. The predicted molar refractivity (Wildman–Crippen MR) is 153 cm³/mol. The lowest BCUT2D eigenvalue weighted by Gasteiger charge is -2.32. The van der Waals surface area contributed by atoms with Crippen LogP contribution in [0.3, 0.4) is 0 Å². The number of rotatable bonds is 13. The largest absolute Gasteiger partial charge is 0.351 e. The summed E-state index contributed by atoms with van der Waals surface area (Å²) in [5.41, 5.74) is -0.984. The minimum Gasteiger partial charge on any atom is -0.351 e. The molecule has 4 aliphatic carbocycles. The van der Waals surface area contributed by atoms with E-state index < -0.39 is 35.1 Å². The molecular weight excluding hydrogens is 578 g/mol. The van der Waals surface area contributed by atoms with Crippen molar-refractivity contribution in [2.24, 2.45) is 23.7 Å². The number of Topliss-reactive ketones (excluding diaryl/α,β-unsaturated/α-hetero) is 1. The van der Waals surface area contributed by atoms with Crippen molar-refractivity contribution >= 4 is 52.9 Å². The smallest absolute Gasteiger partial charge is 0.287 e. The Morgan fingerprint density at radius 3 is 2.67 bits per heavy atom. The lowest BCUT2D eigenvalue weighted by atomic mass is 9.79. The minimum atomic E-state index is -1.36. The van der Waals surface area contributed by atoms with Gasteiger partial charge in [0.1, 0.15) is 23.2 Å². The molecule has 228 valence electrons. The molecule has 43 heavy (non-hydrogen) atoms. The number of carbonyl (C=O) groups excluding carboxylic acids is 6. The van der Waals surface area contributed by atoms with E-state index in [0.717, 1.165) is 25.2 Å². The van der Waals surface area contributed by atoms with Crippen LogP contribution in [0, 0.1) is 23.7 Å². The molecule has 0 aromatic carbocycles. The number of anilines is 1. The average molecular weight is 612 g/mol. The highest BCUT2D eigenvalue weighted by Gasteiger charge is 2.54. The van der Waals surface area contributed by atoms with Gasteiger partial charge in [0.2, 0.25) is 17.6 Å². The van der Waals surface area contributed by atoms with Crippen LogP contribution >= 0.6 is 11.5 Å². The second kappa shape index (κ2) is 12.9. The summed E-state index contributed by atoms with van der Waals surface area (Å²) >= 11 is 0.646. The van der Waals surface area contributed by atoms with Crippen molar-refractivity contribution in [2.75, 3.05) is 11.9 Å². The molecule has 4 bridgehead atoms. The molecule has 15 heteroatoms. The normalized spacial score (nSPS) is 23.8. The van der Waals surface area contributed by atoms with E-state index in [1.807, 2.05) is 0 Å². The summed E-state index contributed by atoms with van der Waals surface area (Å²) in [6.07, 6.45) is 5.83. The fourth-order valence-electron chi connectivity index (χ4n) is 6.90. The number of hydrogen-bond donors (Lipinski definition) is 4. The second-order valence-electron chi connectivity index (χ2n) is 11.4. The van der Waals surface area contributed by atoms with Crippen molar-refractivity contribution in [2.45, 2.75) is 64.1 Å². The number of pyridine rings is 1. The van der Waals surface area contributed by atoms with Gasteiger partial charge in [0.05, 0.1) is 0 Å². The summed E-state index contributed by atoms with van der Waals surface area (Å²) in [7, 11) is 0. The Kier molecular flexibility index (Phi) is 9.08. The van der Waals surface area contributed by atoms with Crippen LogP contribution < -0.4 is 26.8 Å². The zero-order valence-electron chi connectivity index (χ0n) is 23.5. The van der Waals surface area contributed by atoms with Gasteiger partial charge in [0.25, 0.3) is 17.4 Å². The van der Waals surface area contributed by atoms with Crippen molar-refractivity contribution < 1.29 is 28.8 Å². The van der Waals surface area contributed by atoms with Crippen molar-refractivity contribution in [3.63, 3.8) is 0 Å². The van der Waals surface area contributed by atoms with Crippen molar-refractivity contribution in [3.05, 3.63) is 39.3 Å². The molecule has 0 radical (unpaired) electrons. The molecule has 2 heterocycles. The molecule has 14 nitrogen and oxygen atoms in total. The zero-order chi connectivity index (χ0) is 30.7. The maximum atomic E-state index is 13.3. The summed E-state index contributed by atoms with van der Waals surface area (Å²) < 4.78 is 4.76. The number of amides is 4. The third kappa shape index (κ3) is 6.55. The lowest BCUT2D eigenvalue weighted by Crippen LogP contribution is -2.46. The van der Waals surface area contributed by atoms with E-state index in [1.54, 1.807) is 6.92 Å². The van der Waals surface area contributed by atoms with Crippen LogP contribution in [0.4, 0.5) is 5.69 Å². The van der Waals surface area contributed by atoms with E-state index >= 15 is 0 Å². The maximum absolute atomic E-state index is 13.3. The molecule has 4 saturated carbocycles. The summed E-state index contributed by atoms with van der Waals surface area (Å²) in [5.74, 6) is -1.12. The van der Waals surface area contributed by atoms with Crippen LogP contribution in [0.2, 0.25) is 0 Å². The summed E-state index contributed by atoms with van der Waals surface area (Å²) in [6.45, 7) is 1.66. The molecule has 0 aliphatic heterocycles. The Balaban J connectivity index is 1.26. The van der Waals surface area contributed by atoms with Crippen LogP contribution in [0.5, 0.6) is 0 Å². The van der Waals surface area contributed by atoms with E-state index in [-0.39, 0.29) is 54.1 Å². The van der Waals surface area contributed by atoms with Gasteiger partial charge in [-0.3, -0.25) is 33.6 Å². The van der Waals surface area contributed by atoms with E-state index in [4.69, 9.17) is 0 Å². The van der Waals surface area contributed by atoms with Crippen molar-refractivity contribution in [1.29, 1.82) is 0 Å². The second-order valence-corrected chi connectivity index (χ2v) is 12.1. The van der Waals surface area contributed by atoms with Gasteiger partial charge in [-0.05, 0) is 86.4 Å². The topological polar surface area (TPSA) is 198 Å². The van der Waals surface area contributed by atoms with Gasteiger partial charge >= 0.3 is 0 Å². The lowest BCUT2D eigenvalue weighted by molar-refractivity contribution is -0.138. The van der Waals surface area contributed by atoms with E-state index in [1.165, 1.54) is 29.3 Å². The standard InChI is InChI=1S/C28H33N7O7S/c1-2-29-26(40)21(37)6-5-18(30-27(41)24-20(13-36)33-34-43-24)25(39)31-19-4-3-7-35(28(19)42)12-22(38)32-23-16-9-14-8-15(11-16)17(23)10-14/h3-4,7,13-18,23H,2,5-6,8-12H2,1H3,(H,29,40)(H,30,41)(H,31,39)(H,32,38)/t14?,15?,16?,17?,18-,23?/m0/s1. The first-order chi connectivity index (χ1) is 20.7. The Labute approximate surface area is 250 Å². The molecule has 4 N–H and O–H groups in total. The van der Waals surface area contributed by atoms with E-state index in [2.05, 4.69) is 30.9 Å². The van der Waals surface area contributed by atoms with E-state index in [9.17, 15) is 33.6 Å². The Morgan fingerprint density at radius 2 is 1.93 bits per heavy atom. The molecule has 4 amide bonds. The van der Waals surface area contributed by atoms with Crippen LogP contribution in [0.25, 0.3) is 0 Å². The first-order valence-electron chi connectivity index (χ1n) is 14.4. The Morgan fingerprint density at radius 1 is 1.14 bits per heavy atom. The van der Waals surface area contributed by atoms with Crippen molar-refractivity contribution in [3.8, 4) is 0 Å². The first kappa shape index (κ1) is 30.2. The van der Waals surface area contributed by atoms with Gasteiger partial charge in [-0.25, -0.2) is 0 Å². The van der Waals surface area contributed by atoms with Gasteiger partial charge in [0, 0.05) is 25.2 Å². The summed E-state index contributed by atoms with van der Waals surface area (Å²) in [6, 6.07) is 1.64. The number of nitrogens with zero attached hydrogens (tertiary/aromatic N) is 3. The highest BCUT2D eigenvalue weighted by atomic mass is 32.1. The summed E-state index contributed by atoms with van der Waals surface area (Å²) in [5, 5.41) is 14.0. The fourth-order valence-corrected chi connectivity index (χ4v) is 7.43. The van der Waals surface area contributed by atoms with Gasteiger partial charge in [0.15, 0.2) is 12.0 Å². The molecule has 2 aromatic heterocycles. The summed E-state index contributed by atoms with van der Waals surface area (Å²) in [4.78, 5) is 87.4. The minimum absolute atomic E-state index is 0.134. The number of ketones is 1. The predicted octanol–water partition coefficient (Wildman–Crippen LogP) is 0.286. The molecule has 5 unspecified atom stereocenters. The number of aldehydes is 1. The number of hydrogen-bond acceptors (Lipinski definition) is 10. The molecule has 6 rings (SSSR count). The highest BCUT2D eigenvalue weighted by molar-refractivity contribution is 7.08. The third-order valence-electron chi connectivity index (χ3n) is 8.68. The first-order valence-corrected chi connectivity index (χ1v) is 15.1. The third-order valence-corrected chi connectivity index (χ3v) is 9.42. The van der Waals surface area contributed by atoms with Gasteiger partial charge in [-0.15, -0.1) is 5.10 Å². The molecule has 0 spiro atoms.